The number of amidine groups is 2. The molecule has 4 rings (SSSR count). The summed E-state index contributed by atoms with van der Waals surface area (Å²) in [5.74, 6) is 1.76. The maximum absolute atomic E-state index is 12.7. The molecule has 11 heteroatoms. The van der Waals surface area contributed by atoms with E-state index in [1.807, 2.05) is 39.0 Å². The van der Waals surface area contributed by atoms with Crippen molar-refractivity contribution in [2.24, 2.45) is 16.0 Å². The van der Waals surface area contributed by atoms with Gasteiger partial charge in [-0.2, -0.15) is 15.1 Å². The highest BCUT2D eigenvalue weighted by atomic mass is 35.5. The first-order chi connectivity index (χ1) is 17.8. The van der Waals surface area contributed by atoms with Gasteiger partial charge in [0, 0.05) is 12.0 Å². The molecule has 1 N–H and O–H groups in total. The molecule has 0 atom stereocenters. The van der Waals surface area contributed by atoms with Crippen LogP contribution in [0.25, 0.3) is 6.08 Å². The minimum absolute atomic E-state index is 0.0396. The van der Waals surface area contributed by atoms with E-state index >= 15 is 0 Å². The zero-order valence-electron chi connectivity index (χ0n) is 20.9. The molecule has 0 radical (unpaired) electrons. The number of rotatable bonds is 10. The summed E-state index contributed by atoms with van der Waals surface area (Å²) in [6, 6.07) is 10.7. The van der Waals surface area contributed by atoms with E-state index in [-0.39, 0.29) is 30.5 Å². The number of halogens is 1. The second-order valence-electron chi connectivity index (χ2n) is 8.25. The highest BCUT2D eigenvalue weighted by Crippen LogP contribution is 2.38. The van der Waals surface area contributed by atoms with E-state index in [9.17, 15) is 4.79 Å². The topological polar surface area (TPSA) is 106 Å². The summed E-state index contributed by atoms with van der Waals surface area (Å²) in [5, 5.41) is 15.9. The van der Waals surface area contributed by atoms with Crippen molar-refractivity contribution < 1.29 is 23.7 Å². The summed E-state index contributed by atoms with van der Waals surface area (Å²) >= 11 is 7.85. The van der Waals surface area contributed by atoms with Crippen molar-refractivity contribution in [3.05, 3.63) is 52.6 Å². The maximum Gasteiger partial charge on any atom is 0.283 e. The van der Waals surface area contributed by atoms with E-state index in [4.69, 9.17) is 36.0 Å². The van der Waals surface area contributed by atoms with Gasteiger partial charge in [-0.05, 0) is 54.6 Å². The van der Waals surface area contributed by atoms with E-state index in [2.05, 4.69) is 10.1 Å². The number of hydrogen-bond acceptors (Lipinski definition) is 8. The van der Waals surface area contributed by atoms with Gasteiger partial charge in [-0.25, -0.2) is 0 Å². The van der Waals surface area contributed by atoms with E-state index in [0.717, 1.165) is 5.04 Å². The quantitative estimate of drug-likeness (QED) is 0.313. The highest BCUT2D eigenvalue weighted by molar-refractivity contribution is 8.27. The lowest BCUT2D eigenvalue weighted by Gasteiger charge is -2.20. The first-order valence-corrected chi connectivity index (χ1v) is 12.9. The average molecular weight is 543 g/mol. The van der Waals surface area contributed by atoms with Crippen molar-refractivity contribution in [2.45, 2.75) is 20.8 Å². The van der Waals surface area contributed by atoms with Gasteiger partial charge >= 0.3 is 0 Å². The number of carbonyl (C=O) groups is 1. The molecule has 0 saturated carbocycles. The van der Waals surface area contributed by atoms with Gasteiger partial charge in [0.05, 0.1) is 24.3 Å². The number of hydrogen-bond donors (Lipinski definition) is 1. The number of nitrogens with one attached hydrogen (secondary N) is 1. The number of thioether (sulfide) groups is 1. The second kappa shape index (κ2) is 11.7. The Hall–Kier alpha value is -3.50. The van der Waals surface area contributed by atoms with Crippen LogP contribution in [0.5, 0.6) is 23.0 Å². The number of carbonyl (C=O) groups excluding carboxylic acids is 1. The van der Waals surface area contributed by atoms with Gasteiger partial charge in [-0.15, -0.1) is 0 Å². The number of ether oxygens (including phenoxy) is 4. The normalized spacial score (nSPS) is 16.1. The van der Waals surface area contributed by atoms with Gasteiger partial charge in [0.1, 0.15) is 29.8 Å². The number of amides is 1. The Morgan fingerprint density at radius 2 is 1.89 bits per heavy atom. The Morgan fingerprint density at radius 1 is 1.14 bits per heavy atom. The fraction of sp³-hybridized carbons (Fsp3) is 0.308. The van der Waals surface area contributed by atoms with Gasteiger partial charge in [0.2, 0.25) is 5.17 Å². The summed E-state index contributed by atoms with van der Waals surface area (Å²) in [6.45, 7) is 6.73. The van der Waals surface area contributed by atoms with Crippen LogP contribution in [0.2, 0.25) is 5.02 Å². The number of aliphatic imine (C=N–C) groups is 1. The Labute approximate surface area is 224 Å². The molecule has 9 nitrogen and oxygen atoms in total. The molecule has 2 heterocycles. The molecule has 0 fully saturated rings. The molecule has 0 bridgehead atoms. The van der Waals surface area contributed by atoms with E-state index < -0.39 is 5.91 Å². The SMILES string of the molecule is CCOc1cc(C=C2C(=N)N3N=C(C(C)C)SC3=NC2=O)cc(Cl)c1OCCOc1cccc(OC)c1. The third-order valence-corrected chi connectivity index (χ3v) is 6.74. The molecule has 2 aromatic carbocycles. The highest BCUT2D eigenvalue weighted by Gasteiger charge is 2.36. The van der Waals surface area contributed by atoms with E-state index in [1.54, 1.807) is 31.4 Å². The fourth-order valence-corrected chi connectivity index (χ4v) is 4.64. The number of fused-ring (bicyclic) bond motifs is 1. The van der Waals surface area contributed by atoms with Gasteiger partial charge < -0.3 is 18.9 Å². The number of nitrogens with zero attached hydrogens (tertiary/aromatic N) is 3. The number of benzene rings is 2. The number of methoxy groups -OCH3 is 1. The molecule has 1 amide bonds. The maximum atomic E-state index is 12.7. The van der Waals surface area contributed by atoms with Gasteiger partial charge in [0.15, 0.2) is 17.3 Å². The summed E-state index contributed by atoms with van der Waals surface area (Å²) in [7, 11) is 1.60. The third-order valence-electron chi connectivity index (χ3n) is 5.25. The summed E-state index contributed by atoms with van der Waals surface area (Å²) < 4.78 is 22.6. The molecule has 2 aliphatic rings. The predicted molar refractivity (Wildman–Crippen MR) is 146 cm³/mol. The fourth-order valence-electron chi connectivity index (χ4n) is 3.48. The molecule has 2 aromatic rings. The molecule has 0 saturated heterocycles. The van der Waals surface area contributed by atoms with Crippen LogP contribution in [-0.2, 0) is 4.79 Å². The van der Waals surface area contributed by atoms with E-state index in [0.29, 0.717) is 45.4 Å². The van der Waals surface area contributed by atoms with Crippen LogP contribution >= 0.6 is 23.4 Å². The predicted octanol–water partition coefficient (Wildman–Crippen LogP) is 5.48. The molecular weight excluding hydrogens is 516 g/mol. The Bertz CT molecular complexity index is 1310. The molecule has 194 valence electrons. The minimum Gasteiger partial charge on any atom is -0.497 e. The summed E-state index contributed by atoms with van der Waals surface area (Å²) in [6.07, 6.45) is 1.56. The van der Waals surface area contributed by atoms with Crippen LogP contribution in [0, 0.1) is 11.3 Å². The van der Waals surface area contributed by atoms with Crippen molar-refractivity contribution in [3.63, 3.8) is 0 Å². The van der Waals surface area contributed by atoms with Gasteiger partial charge in [-0.3, -0.25) is 10.2 Å². The Morgan fingerprint density at radius 3 is 2.62 bits per heavy atom. The Balaban J connectivity index is 1.50. The molecule has 37 heavy (non-hydrogen) atoms. The van der Waals surface area contributed by atoms with Crippen LogP contribution in [-0.4, -0.2) is 53.9 Å². The summed E-state index contributed by atoms with van der Waals surface area (Å²) in [4.78, 5) is 16.8. The van der Waals surface area contributed by atoms with Crippen molar-refractivity contribution in [1.82, 2.24) is 5.01 Å². The van der Waals surface area contributed by atoms with E-state index in [1.165, 1.54) is 16.8 Å². The smallest absolute Gasteiger partial charge is 0.283 e. The number of hydrazone groups is 1. The molecule has 0 aromatic heterocycles. The third kappa shape index (κ3) is 6.08. The summed E-state index contributed by atoms with van der Waals surface area (Å²) in [5.41, 5.74) is 0.678. The average Bonchev–Trinajstić information content (AvgIpc) is 3.30. The zero-order chi connectivity index (χ0) is 26.5. The van der Waals surface area contributed by atoms with Crippen molar-refractivity contribution in [3.8, 4) is 23.0 Å². The minimum atomic E-state index is -0.506. The molecule has 0 aliphatic carbocycles. The van der Waals surface area contributed by atoms with Crippen LogP contribution in [0.4, 0.5) is 0 Å². The largest absolute Gasteiger partial charge is 0.497 e. The standard InChI is InChI=1S/C26H27ClN4O5S/c1-5-34-21-13-16(11-19-23(28)31-26(29-24(19)32)37-25(30-31)15(2)3)12-20(27)22(21)36-10-9-35-18-8-6-7-17(14-18)33-4/h6-8,11-15,28H,5,9-10H2,1-4H3. The molecule has 2 aliphatic heterocycles. The van der Waals surface area contributed by atoms with Crippen LogP contribution in [0.3, 0.4) is 0 Å². The monoisotopic (exact) mass is 542 g/mol. The molecular formula is C26H27ClN4O5S. The van der Waals surface area contributed by atoms with Crippen LogP contribution in [0.1, 0.15) is 26.3 Å². The molecule has 0 unspecified atom stereocenters. The van der Waals surface area contributed by atoms with Crippen LogP contribution < -0.4 is 18.9 Å². The second-order valence-corrected chi connectivity index (χ2v) is 9.65. The first kappa shape index (κ1) is 26.6. The lowest BCUT2D eigenvalue weighted by Crippen LogP contribution is -2.35. The molecule has 0 spiro atoms. The van der Waals surface area contributed by atoms with Crippen molar-refractivity contribution in [1.29, 1.82) is 5.41 Å². The van der Waals surface area contributed by atoms with Gasteiger partial charge in [-0.1, -0.05) is 31.5 Å². The lowest BCUT2D eigenvalue weighted by atomic mass is 10.1. The van der Waals surface area contributed by atoms with Crippen LogP contribution in [0.15, 0.2) is 52.1 Å². The zero-order valence-corrected chi connectivity index (χ0v) is 22.5. The van der Waals surface area contributed by atoms with Gasteiger partial charge in [0.25, 0.3) is 5.91 Å². The van der Waals surface area contributed by atoms with Crippen molar-refractivity contribution >= 4 is 51.4 Å². The first-order valence-electron chi connectivity index (χ1n) is 11.7. The van der Waals surface area contributed by atoms with Crippen molar-refractivity contribution in [2.75, 3.05) is 26.9 Å². The Kier molecular flexibility index (Phi) is 8.40. The lowest BCUT2D eigenvalue weighted by molar-refractivity contribution is -0.114.